The predicted octanol–water partition coefficient (Wildman–Crippen LogP) is 2.17. The summed E-state index contributed by atoms with van der Waals surface area (Å²) in [5.74, 6) is 0. The molecule has 1 aromatic carbocycles. The molecule has 1 heteroatoms. The molecule has 0 amide bonds. The Bertz CT molecular complexity index is 226. The van der Waals surface area contributed by atoms with E-state index in [2.05, 4.69) is 18.2 Å². The van der Waals surface area contributed by atoms with Gasteiger partial charge in [0.2, 0.25) is 0 Å². The highest BCUT2D eigenvalue weighted by Crippen LogP contribution is 2.00. The summed E-state index contributed by atoms with van der Waals surface area (Å²) >= 11 is 0. The van der Waals surface area contributed by atoms with Gasteiger partial charge in [0.25, 0.3) is 0 Å². The summed E-state index contributed by atoms with van der Waals surface area (Å²) in [6.45, 7) is 0.241. The highest BCUT2D eigenvalue weighted by Gasteiger charge is 1.84. The van der Waals surface area contributed by atoms with Crippen LogP contribution in [0.25, 0.3) is 0 Å². The first kappa shape index (κ1) is 9.01. The number of rotatable bonds is 4. The molecule has 0 aromatic heterocycles. The van der Waals surface area contributed by atoms with E-state index in [9.17, 15) is 0 Å². The van der Waals surface area contributed by atoms with Gasteiger partial charge in [-0.3, -0.25) is 0 Å². The number of allylic oxidation sites excluding steroid dienone is 1. The van der Waals surface area contributed by atoms with Crippen molar-refractivity contribution >= 4 is 0 Å². The number of hydrogen-bond donors (Lipinski definition) is 1. The van der Waals surface area contributed by atoms with Crippen molar-refractivity contribution in [3.8, 4) is 0 Å². The van der Waals surface area contributed by atoms with E-state index in [0.29, 0.717) is 0 Å². The van der Waals surface area contributed by atoms with Crippen molar-refractivity contribution in [2.45, 2.75) is 12.8 Å². The molecule has 64 valence electrons. The molecule has 0 bridgehead atoms. The molecule has 0 saturated carbocycles. The van der Waals surface area contributed by atoms with Crippen LogP contribution in [0.1, 0.15) is 12.0 Å². The summed E-state index contributed by atoms with van der Waals surface area (Å²) in [6, 6.07) is 10.3. The minimum absolute atomic E-state index is 0.241. The lowest BCUT2D eigenvalue weighted by Crippen LogP contribution is -1.80. The molecule has 0 fully saturated rings. The van der Waals surface area contributed by atoms with E-state index >= 15 is 0 Å². The average molecular weight is 162 g/mol. The van der Waals surface area contributed by atoms with Crippen molar-refractivity contribution in [1.29, 1.82) is 0 Å². The molecule has 0 heterocycles. The Labute approximate surface area is 73.4 Å². The minimum atomic E-state index is 0.241. The Balaban J connectivity index is 2.33. The monoisotopic (exact) mass is 162 g/mol. The molecule has 0 unspecified atom stereocenters. The summed E-state index contributed by atoms with van der Waals surface area (Å²) in [6.07, 6.45) is 5.81. The van der Waals surface area contributed by atoms with Crippen LogP contribution in [-0.2, 0) is 6.42 Å². The molecule has 1 nitrogen and oxygen atoms in total. The predicted molar refractivity (Wildman–Crippen MR) is 51.0 cm³/mol. The normalized spacial score (nSPS) is 10.8. The lowest BCUT2D eigenvalue weighted by molar-refractivity contribution is 0.302. The number of benzene rings is 1. The largest absolute Gasteiger partial charge is 0.396 e. The fourth-order valence-electron chi connectivity index (χ4n) is 1.03. The van der Waals surface area contributed by atoms with Crippen LogP contribution in [0.3, 0.4) is 0 Å². The second-order valence-electron chi connectivity index (χ2n) is 2.67. The zero-order valence-corrected chi connectivity index (χ0v) is 7.11. The van der Waals surface area contributed by atoms with Gasteiger partial charge in [0.05, 0.1) is 0 Å². The van der Waals surface area contributed by atoms with Crippen LogP contribution in [0, 0.1) is 0 Å². The Morgan fingerprint density at radius 1 is 1.08 bits per heavy atom. The molecular weight excluding hydrogens is 148 g/mol. The van der Waals surface area contributed by atoms with Gasteiger partial charge in [-0.05, 0) is 18.4 Å². The maximum atomic E-state index is 8.51. The first-order valence-electron chi connectivity index (χ1n) is 4.23. The maximum absolute atomic E-state index is 8.51. The summed E-state index contributed by atoms with van der Waals surface area (Å²) in [7, 11) is 0. The Kier molecular flexibility index (Phi) is 4.17. The molecular formula is C11H14O. The Hall–Kier alpha value is -1.08. The van der Waals surface area contributed by atoms with E-state index in [0.717, 1.165) is 12.8 Å². The summed E-state index contributed by atoms with van der Waals surface area (Å²) in [4.78, 5) is 0. The van der Waals surface area contributed by atoms with Gasteiger partial charge in [-0.1, -0.05) is 42.5 Å². The minimum Gasteiger partial charge on any atom is -0.396 e. The second-order valence-corrected chi connectivity index (χ2v) is 2.67. The van der Waals surface area contributed by atoms with E-state index in [4.69, 9.17) is 5.11 Å². The summed E-state index contributed by atoms with van der Waals surface area (Å²) < 4.78 is 0. The first-order valence-corrected chi connectivity index (χ1v) is 4.23. The summed E-state index contributed by atoms with van der Waals surface area (Å²) in [5, 5.41) is 8.51. The van der Waals surface area contributed by atoms with Gasteiger partial charge >= 0.3 is 0 Å². The van der Waals surface area contributed by atoms with Crippen molar-refractivity contribution < 1.29 is 5.11 Å². The van der Waals surface area contributed by atoms with Crippen LogP contribution in [0.4, 0.5) is 0 Å². The quantitative estimate of drug-likeness (QED) is 0.673. The third kappa shape index (κ3) is 3.35. The van der Waals surface area contributed by atoms with Gasteiger partial charge in [-0.2, -0.15) is 0 Å². The second kappa shape index (κ2) is 5.56. The number of aliphatic hydroxyl groups excluding tert-OH is 1. The molecule has 0 aliphatic rings. The number of hydrogen-bond acceptors (Lipinski definition) is 1. The van der Waals surface area contributed by atoms with Crippen LogP contribution in [0.2, 0.25) is 0 Å². The Morgan fingerprint density at radius 2 is 1.83 bits per heavy atom. The van der Waals surface area contributed by atoms with Crippen LogP contribution < -0.4 is 0 Å². The van der Waals surface area contributed by atoms with Crippen LogP contribution in [0.15, 0.2) is 42.5 Å². The van der Waals surface area contributed by atoms with E-state index in [1.807, 2.05) is 24.3 Å². The molecule has 1 aromatic rings. The van der Waals surface area contributed by atoms with E-state index < -0.39 is 0 Å². The lowest BCUT2D eigenvalue weighted by Gasteiger charge is -1.93. The zero-order chi connectivity index (χ0) is 8.65. The smallest absolute Gasteiger partial charge is 0.0465 e. The van der Waals surface area contributed by atoms with E-state index in [-0.39, 0.29) is 6.61 Å². The molecule has 0 atom stereocenters. The first-order chi connectivity index (χ1) is 5.93. The molecule has 1 rings (SSSR count). The molecule has 12 heavy (non-hydrogen) atoms. The van der Waals surface area contributed by atoms with Gasteiger partial charge in [0, 0.05) is 6.61 Å². The average Bonchev–Trinajstić information content (AvgIpc) is 2.14. The van der Waals surface area contributed by atoms with Crippen molar-refractivity contribution in [1.82, 2.24) is 0 Å². The van der Waals surface area contributed by atoms with E-state index in [1.165, 1.54) is 5.56 Å². The molecule has 0 aliphatic carbocycles. The lowest BCUT2D eigenvalue weighted by atomic mass is 10.1. The molecule has 1 N–H and O–H groups in total. The molecule has 0 radical (unpaired) electrons. The molecule has 0 saturated heterocycles. The van der Waals surface area contributed by atoms with Crippen LogP contribution in [-0.4, -0.2) is 11.7 Å². The van der Waals surface area contributed by atoms with Crippen molar-refractivity contribution in [2.24, 2.45) is 0 Å². The summed E-state index contributed by atoms with van der Waals surface area (Å²) in [5.41, 5.74) is 1.31. The van der Waals surface area contributed by atoms with Gasteiger partial charge in [-0.25, -0.2) is 0 Å². The topological polar surface area (TPSA) is 20.2 Å². The SMILES string of the molecule is OCC/C=C\Cc1ccccc1. The highest BCUT2D eigenvalue weighted by molar-refractivity contribution is 5.17. The fraction of sp³-hybridized carbons (Fsp3) is 0.273. The third-order valence-electron chi connectivity index (χ3n) is 1.66. The Morgan fingerprint density at radius 3 is 2.50 bits per heavy atom. The van der Waals surface area contributed by atoms with E-state index in [1.54, 1.807) is 0 Å². The van der Waals surface area contributed by atoms with Gasteiger partial charge in [0.15, 0.2) is 0 Å². The van der Waals surface area contributed by atoms with Crippen molar-refractivity contribution in [3.05, 3.63) is 48.0 Å². The maximum Gasteiger partial charge on any atom is 0.0465 e. The van der Waals surface area contributed by atoms with Crippen molar-refractivity contribution in [3.63, 3.8) is 0 Å². The van der Waals surface area contributed by atoms with Gasteiger partial charge < -0.3 is 5.11 Å². The fourth-order valence-corrected chi connectivity index (χ4v) is 1.03. The standard InChI is InChI=1S/C11H14O/c12-10-6-2-5-9-11-7-3-1-4-8-11/h1-5,7-8,12H,6,9-10H2/b5-2-. The third-order valence-corrected chi connectivity index (χ3v) is 1.66. The van der Waals surface area contributed by atoms with Crippen molar-refractivity contribution in [2.75, 3.05) is 6.61 Å². The van der Waals surface area contributed by atoms with Crippen LogP contribution in [0.5, 0.6) is 0 Å². The number of aliphatic hydroxyl groups is 1. The van der Waals surface area contributed by atoms with Gasteiger partial charge in [-0.15, -0.1) is 0 Å². The van der Waals surface area contributed by atoms with Gasteiger partial charge in [0.1, 0.15) is 0 Å². The molecule has 0 spiro atoms. The molecule has 0 aliphatic heterocycles. The highest BCUT2D eigenvalue weighted by atomic mass is 16.2. The zero-order valence-electron chi connectivity index (χ0n) is 7.11. The van der Waals surface area contributed by atoms with Crippen LogP contribution >= 0.6 is 0 Å².